The van der Waals surface area contributed by atoms with Gasteiger partial charge in [-0.25, -0.2) is 4.79 Å². The molecule has 3 aromatic rings. The van der Waals surface area contributed by atoms with Gasteiger partial charge >= 0.3 is 11.6 Å². The lowest BCUT2D eigenvalue weighted by Crippen LogP contribution is -2.10. The number of fused-ring (bicyclic) bond motifs is 1. The van der Waals surface area contributed by atoms with E-state index in [0.29, 0.717) is 16.6 Å². The van der Waals surface area contributed by atoms with Crippen molar-refractivity contribution in [1.29, 1.82) is 0 Å². The highest BCUT2D eigenvalue weighted by Gasteiger charge is 2.13. The van der Waals surface area contributed by atoms with Crippen LogP contribution < -0.4 is 5.63 Å². The fourth-order valence-corrected chi connectivity index (χ4v) is 2.55. The average Bonchev–Trinajstić information content (AvgIpc) is 2.61. The number of aromatic hydroxyl groups is 1. The summed E-state index contributed by atoms with van der Waals surface area (Å²) in [6.45, 7) is 1.97. The molecule has 0 fully saturated rings. The summed E-state index contributed by atoms with van der Waals surface area (Å²) in [6.07, 6.45) is 1.55. The molecule has 0 aliphatic rings. The quantitative estimate of drug-likeness (QED) is 0.432. The van der Waals surface area contributed by atoms with Crippen LogP contribution >= 0.6 is 0 Å². The van der Waals surface area contributed by atoms with Gasteiger partial charge in [0.05, 0.1) is 13.0 Å². The third-order valence-electron chi connectivity index (χ3n) is 3.72. The predicted molar refractivity (Wildman–Crippen MR) is 98.2 cm³/mol. The van der Waals surface area contributed by atoms with Gasteiger partial charge in [0, 0.05) is 23.7 Å². The Labute approximate surface area is 149 Å². The molecule has 1 N–H and O–H groups in total. The Bertz CT molecular complexity index is 1020. The zero-order valence-electron chi connectivity index (χ0n) is 14.1. The maximum absolute atomic E-state index is 11.8. The topological polar surface area (TPSA) is 89.1 Å². The monoisotopic (exact) mass is 351 g/mol. The number of ether oxygens (including phenoxy) is 1. The fourth-order valence-electron chi connectivity index (χ4n) is 2.55. The number of hydrogen-bond donors (Lipinski definition) is 1. The lowest BCUT2D eigenvalue weighted by molar-refractivity contribution is -0.142. The summed E-state index contributed by atoms with van der Waals surface area (Å²) in [6, 6.07) is 13.6. The van der Waals surface area contributed by atoms with Gasteiger partial charge in [0.1, 0.15) is 17.0 Å². The molecule has 1 aromatic heterocycles. The first-order valence-electron chi connectivity index (χ1n) is 8.11. The maximum Gasteiger partial charge on any atom is 0.336 e. The lowest BCUT2D eigenvalue weighted by atomic mass is 10.1. The van der Waals surface area contributed by atoms with Crippen LogP contribution in [0.4, 0.5) is 5.69 Å². The van der Waals surface area contributed by atoms with E-state index in [9.17, 15) is 14.7 Å². The molecule has 0 spiro atoms. The van der Waals surface area contributed by atoms with Crippen molar-refractivity contribution in [2.75, 3.05) is 6.61 Å². The van der Waals surface area contributed by atoms with Gasteiger partial charge in [-0.05, 0) is 24.1 Å². The third-order valence-corrected chi connectivity index (χ3v) is 3.72. The Kier molecular flexibility index (Phi) is 5.12. The minimum atomic E-state index is -0.600. The normalized spacial score (nSPS) is 11.1. The zero-order valence-corrected chi connectivity index (χ0v) is 14.1. The second kappa shape index (κ2) is 7.65. The predicted octanol–water partition coefficient (Wildman–Crippen LogP) is 3.35. The maximum atomic E-state index is 11.8. The van der Waals surface area contributed by atoms with E-state index in [1.807, 2.05) is 30.3 Å². The van der Waals surface area contributed by atoms with Crippen LogP contribution in [-0.2, 0) is 16.0 Å². The van der Waals surface area contributed by atoms with Crippen molar-refractivity contribution in [3.05, 3.63) is 70.1 Å². The molecule has 0 saturated heterocycles. The van der Waals surface area contributed by atoms with Crippen molar-refractivity contribution in [2.45, 2.75) is 13.3 Å². The summed E-state index contributed by atoms with van der Waals surface area (Å²) in [5.41, 5.74) is 1.23. The zero-order chi connectivity index (χ0) is 18.5. The van der Waals surface area contributed by atoms with E-state index < -0.39 is 11.6 Å². The number of phenolic OH excluding ortho intramolecular Hbond substituents is 1. The van der Waals surface area contributed by atoms with E-state index in [-0.39, 0.29) is 24.4 Å². The molecule has 0 radical (unpaired) electrons. The molecule has 6 nitrogen and oxygen atoms in total. The van der Waals surface area contributed by atoms with Crippen molar-refractivity contribution in [3.8, 4) is 5.75 Å². The van der Waals surface area contributed by atoms with Gasteiger partial charge in [-0.1, -0.05) is 30.3 Å². The standard InChI is InChI=1S/C20H17NO5/c1-2-25-19(23)8-14-9-20(24)26-18-11-17(22)16(10-15(14)18)21-12-13-6-4-3-5-7-13/h3-7,9-12,22H,2,8H2,1H3. The van der Waals surface area contributed by atoms with Gasteiger partial charge in [0.2, 0.25) is 0 Å². The largest absolute Gasteiger partial charge is 0.506 e. The van der Waals surface area contributed by atoms with Gasteiger partial charge in [-0.3, -0.25) is 9.79 Å². The smallest absolute Gasteiger partial charge is 0.336 e. The molecular formula is C20H17NO5. The number of phenols is 1. The van der Waals surface area contributed by atoms with Gasteiger partial charge in [-0.2, -0.15) is 0 Å². The van der Waals surface area contributed by atoms with E-state index in [0.717, 1.165) is 5.56 Å². The second-order valence-corrected chi connectivity index (χ2v) is 5.58. The molecule has 0 aliphatic heterocycles. The van der Waals surface area contributed by atoms with Gasteiger partial charge in [0.25, 0.3) is 0 Å². The van der Waals surface area contributed by atoms with Crippen LogP contribution in [0, 0.1) is 0 Å². The Hall–Kier alpha value is -3.41. The van der Waals surface area contributed by atoms with Crippen molar-refractivity contribution in [3.63, 3.8) is 0 Å². The summed E-state index contributed by atoms with van der Waals surface area (Å²) in [5, 5.41) is 10.7. The van der Waals surface area contributed by atoms with Crippen LogP contribution in [0.1, 0.15) is 18.1 Å². The number of nitrogens with zero attached hydrogens (tertiary/aromatic N) is 1. The fraction of sp³-hybridized carbons (Fsp3) is 0.150. The van der Waals surface area contributed by atoms with Crippen LogP contribution in [0.25, 0.3) is 11.0 Å². The van der Waals surface area contributed by atoms with Gasteiger partial charge < -0.3 is 14.3 Å². The lowest BCUT2D eigenvalue weighted by Gasteiger charge is -2.07. The van der Waals surface area contributed by atoms with Crippen LogP contribution in [0.2, 0.25) is 0 Å². The first kappa shape index (κ1) is 17.4. The molecule has 0 aliphatic carbocycles. The Morgan fingerprint density at radius 3 is 2.73 bits per heavy atom. The molecule has 132 valence electrons. The van der Waals surface area contributed by atoms with Gasteiger partial charge in [0.15, 0.2) is 0 Å². The van der Waals surface area contributed by atoms with Crippen molar-refractivity contribution >= 4 is 28.8 Å². The van der Waals surface area contributed by atoms with Crippen LogP contribution in [0.3, 0.4) is 0 Å². The number of carbonyl (C=O) groups excluding carboxylic acids is 1. The molecule has 0 unspecified atom stereocenters. The third kappa shape index (κ3) is 3.97. The molecule has 0 saturated carbocycles. The van der Waals surface area contributed by atoms with Crippen molar-refractivity contribution in [2.24, 2.45) is 4.99 Å². The van der Waals surface area contributed by atoms with E-state index in [2.05, 4.69) is 4.99 Å². The highest BCUT2D eigenvalue weighted by atomic mass is 16.5. The summed E-state index contributed by atoms with van der Waals surface area (Å²) >= 11 is 0. The summed E-state index contributed by atoms with van der Waals surface area (Å²) in [4.78, 5) is 27.8. The van der Waals surface area contributed by atoms with Crippen LogP contribution in [0.15, 0.2) is 62.7 Å². The molecule has 3 rings (SSSR count). The number of rotatable bonds is 5. The number of carbonyl (C=O) groups is 1. The summed E-state index contributed by atoms with van der Waals surface area (Å²) < 4.78 is 10.1. The molecule has 0 atom stereocenters. The van der Waals surface area contributed by atoms with Gasteiger partial charge in [-0.15, -0.1) is 0 Å². The Balaban J connectivity index is 2.04. The van der Waals surface area contributed by atoms with Crippen LogP contribution in [0.5, 0.6) is 5.75 Å². The number of aliphatic imine (C=N–C) groups is 1. The molecule has 0 bridgehead atoms. The van der Waals surface area contributed by atoms with Crippen molar-refractivity contribution < 1.29 is 19.1 Å². The number of benzene rings is 2. The van der Waals surface area contributed by atoms with E-state index >= 15 is 0 Å². The molecule has 2 aromatic carbocycles. The van der Waals surface area contributed by atoms with E-state index in [1.165, 1.54) is 12.1 Å². The minimum Gasteiger partial charge on any atom is -0.506 e. The van der Waals surface area contributed by atoms with E-state index in [1.54, 1.807) is 19.2 Å². The Morgan fingerprint density at radius 1 is 1.23 bits per heavy atom. The summed E-state index contributed by atoms with van der Waals surface area (Å²) in [7, 11) is 0. The number of hydrogen-bond acceptors (Lipinski definition) is 6. The molecule has 1 heterocycles. The highest BCUT2D eigenvalue weighted by molar-refractivity contribution is 5.91. The van der Waals surface area contributed by atoms with E-state index in [4.69, 9.17) is 9.15 Å². The highest BCUT2D eigenvalue weighted by Crippen LogP contribution is 2.32. The second-order valence-electron chi connectivity index (χ2n) is 5.58. The molecule has 6 heteroatoms. The summed E-state index contributed by atoms with van der Waals surface area (Å²) in [5.74, 6) is -0.567. The average molecular weight is 351 g/mol. The first-order chi connectivity index (χ1) is 12.6. The SMILES string of the molecule is CCOC(=O)Cc1cc(=O)oc2cc(O)c(N=Cc3ccccc3)cc12. The molecule has 0 amide bonds. The molecular weight excluding hydrogens is 334 g/mol. The first-order valence-corrected chi connectivity index (χ1v) is 8.11. The Morgan fingerprint density at radius 2 is 2.00 bits per heavy atom. The van der Waals surface area contributed by atoms with Crippen molar-refractivity contribution in [1.82, 2.24) is 0 Å². The minimum absolute atomic E-state index is 0.0669. The van der Waals surface area contributed by atoms with Crippen LogP contribution in [-0.4, -0.2) is 23.9 Å². The molecule has 26 heavy (non-hydrogen) atoms. The number of esters is 1.